The smallest absolute Gasteiger partial charge is 0.242 e. The zero-order valence-corrected chi connectivity index (χ0v) is 16.2. The number of nitrogens with two attached hydrogens (primary N) is 1. The number of hydrogen-bond acceptors (Lipinski definition) is 5. The molecule has 0 aliphatic heterocycles. The molecule has 2 atom stereocenters. The topological polar surface area (TPSA) is 122 Å². The molecule has 2 rings (SSSR count). The largest absolute Gasteiger partial charge is 0.508 e. The quantitative estimate of drug-likeness (QED) is 0.517. The number of rotatable bonds is 8. The molecular formula is C20H23ClN3O4. The molecule has 1 radical (unpaired) electrons. The molecule has 28 heavy (non-hydrogen) atoms. The van der Waals surface area contributed by atoms with Crippen molar-refractivity contribution in [1.82, 2.24) is 10.6 Å². The number of benzene rings is 1. The maximum Gasteiger partial charge on any atom is 0.242 e. The normalized spacial score (nSPS) is 15.7. The number of carbonyl (C=O) groups excluding carboxylic acids is 3. The van der Waals surface area contributed by atoms with Crippen LogP contribution in [0.1, 0.15) is 18.9 Å². The summed E-state index contributed by atoms with van der Waals surface area (Å²) in [7, 11) is 0. The van der Waals surface area contributed by atoms with Gasteiger partial charge in [0.25, 0.3) is 0 Å². The third kappa shape index (κ3) is 6.21. The second kappa shape index (κ2) is 10.1. The van der Waals surface area contributed by atoms with Gasteiger partial charge in [-0.3, -0.25) is 14.4 Å². The molecule has 1 aromatic carbocycles. The molecule has 0 bridgehead atoms. The summed E-state index contributed by atoms with van der Waals surface area (Å²) >= 11 is 5.98. The highest BCUT2D eigenvalue weighted by Crippen LogP contribution is 2.21. The van der Waals surface area contributed by atoms with E-state index in [1.807, 2.05) is 6.08 Å². The average Bonchev–Trinajstić information content (AvgIpc) is 2.67. The van der Waals surface area contributed by atoms with Crippen LogP contribution >= 0.6 is 11.6 Å². The van der Waals surface area contributed by atoms with Gasteiger partial charge in [-0.05, 0) is 50.0 Å². The monoisotopic (exact) mass is 404 g/mol. The molecule has 0 unspecified atom stereocenters. The summed E-state index contributed by atoms with van der Waals surface area (Å²) in [5.74, 6) is -1.16. The average molecular weight is 405 g/mol. The Bertz CT molecular complexity index is 802. The molecule has 149 valence electrons. The lowest BCUT2D eigenvalue weighted by atomic mass is 10.0. The molecule has 1 aromatic rings. The van der Waals surface area contributed by atoms with Crippen molar-refractivity contribution in [2.75, 3.05) is 6.54 Å². The number of hydrogen-bond donors (Lipinski definition) is 4. The minimum atomic E-state index is -0.856. The zero-order chi connectivity index (χ0) is 20.7. The van der Waals surface area contributed by atoms with Crippen LogP contribution in [0.25, 0.3) is 0 Å². The molecule has 7 nitrogen and oxygen atoms in total. The lowest BCUT2D eigenvalue weighted by Crippen LogP contribution is -2.51. The Morgan fingerprint density at radius 2 is 1.89 bits per heavy atom. The van der Waals surface area contributed by atoms with E-state index in [9.17, 15) is 19.5 Å². The lowest BCUT2D eigenvalue weighted by Gasteiger charge is -2.18. The van der Waals surface area contributed by atoms with E-state index in [-0.39, 0.29) is 24.5 Å². The van der Waals surface area contributed by atoms with Gasteiger partial charge in [-0.25, -0.2) is 0 Å². The number of Topliss-reactive ketones (excluding diaryl/α,β-unsaturated/α-hetero) is 1. The van der Waals surface area contributed by atoms with Crippen LogP contribution in [0.5, 0.6) is 5.75 Å². The Kier molecular flexibility index (Phi) is 7.78. The van der Waals surface area contributed by atoms with Crippen molar-refractivity contribution in [2.24, 2.45) is 5.73 Å². The number of carbonyl (C=O) groups is 3. The lowest BCUT2D eigenvalue weighted by molar-refractivity contribution is -0.129. The van der Waals surface area contributed by atoms with Gasteiger partial charge in [0.1, 0.15) is 11.8 Å². The minimum Gasteiger partial charge on any atom is -0.508 e. The SMILES string of the molecule is C[C@@H](NC(=O)[C@@H](N)Cc1ccc(O)cc1)C(=O)NCC(=O)C1=C(Cl)C=CC[CH]1. The van der Waals surface area contributed by atoms with E-state index in [2.05, 4.69) is 10.6 Å². The number of nitrogens with one attached hydrogen (secondary N) is 2. The fraction of sp³-hybridized carbons (Fsp3) is 0.300. The first-order chi connectivity index (χ1) is 13.3. The molecule has 0 fully saturated rings. The fourth-order valence-electron chi connectivity index (χ4n) is 2.57. The van der Waals surface area contributed by atoms with Crippen molar-refractivity contribution in [3.05, 3.63) is 59.0 Å². The Morgan fingerprint density at radius 3 is 2.54 bits per heavy atom. The van der Waals surface area contributed by atoms with Crippen LogP contribution in [0.2, 0.25) is 0 Å². The number of allylic oxidation sites excluding steroid dienone is 3. The van der Waals surface area contributed by atoms with Gasteiger partial charge in [-0.2, -0.15) is 0 Å². The van der Waals surface area contributed by atoms with Gasteiger partial charge in [0, 0.05) is 10.6 Å². The maximum absolute atomic E-state index is 12.2. The fourth-order valence-corrected chi connectivity index (χ4v) is 2.84. The van der Waals surface area contributed by atoms with Crippen molar-refractivity contribution in [2.45, 2.75) is 31.8 Å². The number of phenols is 1. The second-order valence-corrected chi connectivity index (χ2v) is 6.86. The Hall–Kier alpha value is -2.64. The molecule has 0 spiro atoms. The van der Waals surface area contributed by atoms with Crippen molar-refractivity contribution in [3.63, 3.8) is 0 Å². The number of aromatic hydroxyl groups is 1. The maximum atomic E-state index is 12.2. The summed E-state index contributed by atoms with van der Waals surface area (Å²) in [5.41, 5.74) is 7.03. The third-order valence-electron chi connectivity index (χ3n) is 4.18. The molecule has 8 heteroatoms. The Labute approximate surface area is 168 Å². The van der Waals surface area contributed by atoms with E-state index in [0.717, 1.165) is 5.56 Å². The molecule has 0 saturated heterocycles. The highest BCUT2D eigenvalue weighted by Gasteiger charge is 2.22. The highest BCUT2D eigenvalue weighted by molar-refractivity contribution is 6.34. The van der Waals surface area contributed by atoms with Crippen LogP contribution in [0.3, 0.4) is 0 Å². The molecule has 1 aliphatic rings. The number of phenolic OH excluding ortho intramolecular Hbond substituents is 1. The Balaban J connectivity index is 1.80. The molecule has 0 heterocycles. The molecule has 0 saturated carbocycles. The van der Waals surface area contributed by atoms with E-state index in [1.54, 1.807) is 24.6 Å². The van der Waals surface area contributed by atoms with Gasteiger partial charge < -0.3 is 21.5 Å². The summed E-state index contributed by atoms with van der Waals surface area (Å²) in [6.07, 6.45) is 6.04. The second-order valence-electron chi connectivity index (χ2n) is 6.45. The van der Waals surface area contributed by atoms with Crippen LogP contribution in [0, 0.1) is 6.42 Å². The number of halogens is 1. The Morgan fingerprint density at radius 1 is 1.21 bits per heavy atom. The van der Waals surface area contributed by atoms with Gasteiger partial charge in [0.05, 0.1) is 12.6 Å². The van der Waals surface area contributed by atoms with Gasteiger partial charge in [0.15, 0.2) is 5.78 Å². The predicted molar refractivity (Wildman–Crippen MR) is 106 cm³/mol. The molecule has 2 amide bonds. The number of ketones is 1. The molecule has 0 aromatic heterocycles. The molecule has 1 aliphatic carbocycles. The molecular weight excluding hydrogens is 382 g/mol. The van der Waals surface area contributed by atoms with E-state index < -0.39 is 23.9 Å². The number of amides is 2. The summed E-state index contributed by atoms with van der Waals surface area (Å²) in [4.78, 5) is 36.5. The van der Waals surface area contributed by atoms with Crippen LogP contribution in [-0.4, -0.2) is 41.3 Å². The summed E-state index contributed by atoms with van der Waals surface area (Å²) in [5, 5.41) is 14.6. The predicted octanol–water partition coefficient (Wildman–Crippen LogP) is 1.11. The van der Waals surface area contributed by atoms with Gasteiger partial charge in [-0.1, -0.05) is 29.8 Å². The summed E-state index contributed by atoms with van der Waals surface area (Å²) in [6, 6.07) is 4.64. The van der Waals surface area contributed by atoms with Crippen molar-refractivity contribution < 1.29 is 19.5 Å². The summed E-state index contributed by atoms with van der Waals surface area (Å²) in [6.45, 7) is 1.29. The van der Waals surface area contributed by atoms with Gasteiger partial charge >= 0.3 is 0 Å². The van der Waals surface area contributed by atoms with Gasteiger partial charge in [0.2, 0.25) is 11.8 Å². The summed E-state index contributed by atoms with van der Waals surface area (Å²) < 4.78 is 0. The first-order valence-corrected chi connectivity index (χ1v) is 9.20. The van der Waals surface area contributed by atoms with Crippen molar-refractivity contribution >= 4 is 29.2 Å². The third-order valence-corrected chi connectivity index (χ3v) is 4.51. The van der Waals surface area contributed by atoms with Crippen LogP contribution in [0.15, 0.2) is 47.0 Å². The van der Waals surface area contributed by atoms with E-state index >= 15 is 0 Å². The van der Waals surface area contributed by atoms with Crippen molar-refractivity contribution in [1.29, 1.82) is 0 Å². The molecule has 5 N–H and O–H groups in total. The van der Waals surface area contributed by atoms with E-state index in [1.165, 1.54) is 19.1 Å². The first-order valence-electron chi connectivity index (χ1n) is 8.82. The standard InChI is InChI=1S/C20H23ClN3O4/c1-12(19(27)23-11-18(26)15-4-2-3-5-16(15)21)24-20(28)17(22)10-13-6-8-14(25)9-7-13/h3-9,12,17,25H,2,10-11,22H2,1H3,(H,23,27)(H,24,28)/t12-,17+/m1/s1. The van der Waals surface area contributed by atoms with E-state index in [0.29, 0.717) is 17.0 Å². The highest BCUT2D eigenvalue weighted by atomic mass is 35.5. The van der Waals surface area contributed by atoms with E-state index in [4.69, 9.17) is 17.3 Å². The van der Waals surface area contributed by atoms with Crippen LogP contribution in [0.4, 0.5) is 0 Å². The van der Waals surface area contributed by atoms with Gasteiger partial charge in [-0.15, -0.1) is 0 Å². The van der Waals surface area contributed by atoms with Crippen LogP contribution in [-0.2, 0) is 20.8 Å². The van der Waals surface area contributed by atoms with Crippen LogP contribution < -0.4 is 16.4 Å². The zero-order valence-electron chi connectivity index (χ0n) is 15.4. The first kappa shape index (κ1) is 21.7. The van der Waals surface area contributed by atoms with Crippen molar-refractivity contribution in [3.8, 4) is 5.75 Å². The minimum absolute atomic E-state index is 0.125.